The molecule has 0 fully saturated rings. The maximum atomic E-state index is 11.4. The van der Waals surface area contributed by atoms with Crippen LogP contribution in [0.25, 0.3) is 10.9 Å². The van der Waals surface area contributed by atoms with E-state index in [0.29, 0.717) is 19.4 Å². The van der Waals surface area contributed by atoms with Crippen molar-refractivity contribution < 1.29 is 9.53 Å². The first-order valence-corrected chi connectivity index (χ1v) is 6.34. The summed E-state index contributed by atoms with van der Waals surface area (Å²) in [5, 5.41) is 1.06. The summed E-state index contributed by atoms with van der Waals surface area (Å²) in [5.41, 5.74) is 0.956. The van der Waals surface area contributed by atoms with Gasteiger partial charge >= 0.3 is 0 Å². The zero-order chi connectivity index (χ0) is 13.7. The Morgan fingerprint density at radius 3 is 2.89 bits per heavy atom. The smallest absolute Gasteiger partial charge is 0.222 e. The molecule has 0 radical (unpaired) electrons. The van der Waals surface area contributed by atoms with Crippen molar-refractivity contribution in [2.45, 2.75) is 12.8 Å². The van der Waals surface area contributed by atoms with Crippen molar-refractivity contribution in [1.29, 1.82) is 0 Å². The fourth-order valence-electron chi connectivity index (χ4n) is 1.77. The van der Waals surface area contributed by atoms with Crippen LogP contribution in [0.3, 0.4) is 0 Å². The quantitative estimate of drug-likeness (QED) is 0.774. The molecule has 2 rings (SSSR count). The lowest BCUT2D eigenvalue weighted by Gasteiger charge is -2.10. The summed E-state index contributed by atoms with van der Waals surface area (Å²) in [6.07, 6.45) is 2.94. The van der Waals surface area contributed by atoms with E-state index in [1.54, 1.807) is 25.2 Å². The van der Waals surface area contributed by atoms with E-state index in [9.17, 15) is 4.79 Å². The molecule has 0 aliphatic heterocycles. The molecule has 1 heterocycles. The highest BCUT2D eigenvalue weighted by molar-refractivity contribution is 5.79. The minimum Gasteiger partial charge on any atom is -0.492 e. The largest absolute Gasteiger partial charge is 0.492 e. The molecule has 0 N–H and O–H groups in total. The topological polar surface area (TPSA) is 42.4 Å². The van der Waals surface area contributed by atoms with Gasteiger partial charge in [-0.2, -0.15) is 0 Å². The normalized spacial score (nSPS) is 10.4. The summed E-state index contributed by atoms with van der Waals surface area (Å²) in [6, 6.07) is 9.88. The lowest BCUT2D eigenvalue weighted by atomic mass is 10.2. The number of aromatic nitrogens is 1. The molecule has 4 heteroatoms. The zero-order valence-corrected chi connectivity index (χ0v) is 11.3. The minimum atomic E-state index is 0.125. The molecule has 1 aromatic heterocycles. The van der Waals surface area contributed by atoms with Gasteiger partial charge in [-0.3, -0.25) is 9.78 Å². The Labute approximate surface area is 113 Å². The molecule has 0 saturated heterocycles. The van der Waals surface area contributed by atoms with Gasteiger partial charge in [0.15, 0.2) is 0 Å². The first-order chi connectivity index (χ1) is 9.16. The van der Waals surface area contributed by atoms with Crippen LogP contribution >= 0.6 is 0 Å². The van der Waals surface area contributed by atoms with E-state index in [2.05, 4.69) is 4.98 Å². The lowest BCUT2D eigenvalue weighted by Crippen LogP contribution is -2.21. The molecule has 2 aromatic rings. The van der Waals surface area contributed by atoms with Gasteiger partial charge in [-0.1, -0.05) is 18.2 Å². The number of carbonyl (C=O) groups excluding carboxylic acids is 1. The van der Waals surface area contributed by atoms with E-state index in [0.717, 1.165) is 16.7 Å². The van der Waals surface area contributed by atoms with Gasteiger partial charge in [0.2, 0.25) is 5.91 Å². The summed E-state index contributed by atoms with van der Waals surface area (Å²) in [7, 11) is 3.52. The Morgan fingerprint density at radius 1 is 1.32 bits per heavy atom. The Balaban J connectivity index is 1.86. The second-order valence-corrected chi connectivity index (χ2v) is 4.60. The molecule has 0 aliphatic carbocycles. The summed E-state index contributed by atoms with van der Waals surface area (Å²) in [5.74, 6) is 0.872. The van der Waals surface area contributed by atoms with E-state index in [1.807, 2.05) is 30.3 Å². The van der Waals surface area contributed by atoms with Crippen LogP contribution in [0.2, 0.25) is 0 Å². The van der Waals surface area contributed by atoms with Crippen LogP contribution in [0, 0.1) is 0 Å². The molecule has 0 bridgehead atoms. The molecule has 0 saturated carbocycles. The zero-order valence-electron chi connectivity index (χ0n) is 11.3. The van der Waals surface area contributed by atoms with Crippen LogP contribution in [0.4, 0.5) is 0 Å². The molecule has 0 unspecified atom stereocenters. The van der Waals surface area contributed by atoms with Crippen LogP contribution in [-0.4, -0.2) is 36.5 Å². The number of carbonyl (C=O) groups is 1. The molecule has 0 aliphatic rings. The molecule has 1 aromatic carbocycles. The third-order valence-electron chi connectivity index (χ3n) is 2.87. The molecule has 1 amide bonds. The summed E-state index contributed by atoms with van der Waals surface area (Å²) >= 11 is 0. The maximum absolute atomic E-state index is 11.4. The van der Waals surface area contributed by atoms with Gasteiger partial charge < -0.3 is 9.64 Å². The third-order valence-corrected chi connectivity index (χ3v) is 2.87. The highest BCUT2D eigenvalue weighted by atomic mass is 16.5. The van der Waals surface area contributed by atoms with Gasteiger partial charge in [0.1, 0.15) is 5.75 Å². The standard InChI is InChI=1S/C15H18N2O2/c1-17(2)15(18)8-5-9-19-13-10-12-6-3-4-7-14(12)16-11-13/h3-4,6-7,10-11H,5,8-9H2,1-2H3. The summed E-state index contributed by atoms with van der Waals surface area (Å²) < 4.78 is 5.61. The van der Waals surface area contributed by atoms with E-state index in [1.165, 1.54) is 0 Å². The fourth-order valence-corrected chi connectivity index (χ4v) is 1.77. The molecule has 19 heavy (non-hydrogen) atoms. The Kier molecular flexibility index (Phi) is 4.34. The number of hydrogen-bond acceptors (Lipinski definition) is 3. The number of rotatable bonds is 5. The lowest BCUT2D eigenvalue weighted by molar-refractivity contribution is -0.128. The van der Waals surface area contributed by atoms with Crippen molar-refractivity contribution in [3.63, 3.8) is 0 Å². The molecule has 0 spiro atoms. The van der Waals surface area contributed by atoms with Gasteiger partial charge in [-0.25, -0.2) is 0 Å². The van der Waals surface area contributed by atoms with Gasteiger partial charge in [-0.15, -0.1) is 0 Å². The Bertz CT molecular complexity index is 567. The molecule has 100 valence electrons. The van der Waals surface area contributed by atoms with Crippen LogP contribution in [0.15, 0.2) is 36.5 Å². The highest BCUT2D eigenvalue weighted by Crippen LogP contribution is 2.17. The number of ether oxygens (including phenoxy) is 1. The number of pyridine rings is 1. The van der Waals surface area contributed by atoms with Gasteiger partial charge in [0.05, 0.1) is 18.3 Å². The minimum absolute atomic E-state index is 0.125. The number of para-hydroxylation sites is 1. The molecular weight excluding hydrogens is 240 g/mol. The van der Waals surface area contributed by atoms with Crippen LogP contribution in [0.5, 0.6) is 5.75 Å². The van der Waals surface area contributed by atoms with Gasteiger partial charge in [0, 0.05) is 25.9 Å². The van der Waals surface area contributed by atoms with Gasteiger partial charge in [0.25, 0.3) is 0 Å². The van der Waals surface area contributed by atoms with E-state index in [4.69, 9.17) is 4.74 Å². The van der Waals surface area contributed by atoms with Crippen molar-refractivity contribution in [2.24, 2.45) is 0 Å². The Hall–Kier alpha value is -2.10. The predicted molar refractivity (Wildman–Crippen MR) is 75.2 cm³/mol. The maximum Gasteiger partial charge on any atom is 0.222 e. The molecule has 0 atom stereocenters. The van der Waals surface area contributed by atoms with Crippen molar-refractivity contribution >= 4 is 16.8 Å². The second kappa shape index (κ2) is 6.18. The number of fused-ring (bicyclic) bond motifs is 1. The highest BCUT2D eigenvalue weighted by Gasteiger charge is 2.03. The van der Waals surface area contributed by atoms with Crippen molar-refractivity contribution in [2.75, 3.05) is 20.7 Å². The predicted octanol–water partition coefficient (Wildman–Crippen LogP) is 2.48. The summed E-state index contributed by atoms with van der Waals surface area (Å²) in [4.78, 5) is 17.3. The number of amides is 1. The third kappa shape index (κ3) is 3.68. The average molecular weight is 258 g/mol. The van der Waals surface area contributed by atoms with Crippen LogP contribution in [-0.2, 0) is 4.79 Å². The number of hydrogen-bond donors (Lipinski definition) is 0. The van der Waals surface area contributed by atoms with Crippen LogP contribution in [0.1, 0.15) is 12.8 Å². The second-order valence-electron chi connectivity index (χ2n) is 4.60. The van der Waals surface area contributed by atoms with Crippen molar-refractivity contribution in [1.82, 2.24) is 9.88 Å². The number of benzene rings is 1. The Morgan fingerprint density at radius 2 is 2.11 bits per heavy atom. The van der Waals surface area contributed by atoms with Crippen molar-refractivity contribution in [3.8, 4) is 5.75 Å². The van der Waals surface area contributed by atoms with E-state index in [-0.39, 0.29) is 5.91 Å². The van der Waals surface area contributed by atoms with E-state index >= 15 is 0 Å². The number of nitrogens with zero attached hydrogens (tertiary/aromatic N) is 2. The van der Waals surface area contributed by atoms with E-state index < -0.39 is 0 Å². The fraction of sp³-hybridized carbons (Fsp3) is 0.333. The first-order valence-electron chi connectivity index (χ1n) is 6.34. The van der Waals surface area contributed by atoms with Gasteiger partial charge in [-0.05, 0) is 18.6 Å². The van der Waals surface area contributed by atoms with Crippen molar-refractivity contribution in [3.05, 3.63) is 36.5 Å². The monoisotopic (exact) mass is 258 g/mol. The molecular formula is C15H18N2O2. The van der Waals surface area contributed by atoms with Crippen LogP contribution < -0.4 is 4.74 Å². The summed E-state index contributed by atoms with van der Waals surface area (Å²) in [6.45, 7) is 0.527. The average Bonchev–Trinajstić information content (AvgIpc) is 2.43. The SMILES string of the molecule is CN(C)C(=O)CCCOc1cnc2ccccc2c1. The molecule has 4 nitrogen and oxygen atoms in total. The first kappa shape index (κ1) is 13.3.